The molecule has 0 radical (unpaired) electrons. The van der Waals surface area contributed by atoms with Gasteiger partial charge in [-0.2, -0.15) is 15.2 Å². The molecule has 16 heteroatoms. The highest BCUT2D eigenvalue weighted by molar-refractivity contribution is 6.34. The summed E-state index contributed by atoms with van der Waals surface area (Å²) < 4.78 is 33.1. The molecule has 0 amide bonds. The normalized spacial score (nSPS) is 14.1. The fourth-order valence-corrected chi connectivity index (χ4v) is 4.85. The first-order chi connectivity index (χ1) is 19.5. The molecule has 212 valence electrons. The number of hydrogen-bond donors (Lipinski definition) is 2. The Morgan fingerprint density at radius 2 is 1.83 bits per heavy atom. The quantitative estimate of drug-likeness (QED) is 0.258. The van der Waals surface area contributed by atoms with Crippen molar-refractivity contribution >= 4 is 45.7 Å². The third kappa shape index (κ3) is 5.45. The summed E-state index contributed by atoms with van der Waals surface area (Å²) in [6.07, 6.45) is 5.09. The van der Waals surface area contributed by atoms with Gasteiger partial charge in [0.25, 0.3) is 0 Å². The Hall–Kier alpha value is -4.14. The number of nitrogens with zero attached hydrogens (tertiary/aromatic N) is 8. The van der Waals surface area contributed by atoms with Crippen molar-refractivity contribution < 1.29 is 8.78 Å². The van der Waals surface area contributed by atoms with E-state index in [-0.39, 0.29) is 41.0 Å². The highest BCUT2D eigenvalue weighted by Crippen LogP contribution is 2.35. The SMILES string of the molecule is Cn1cnc(Cn2c(=O)nc(Nc3cc4cn(CC5(N)CC5)nc4cc3Cl)n(Cc3cc(F)c(F)c(Cl)c3)c2=O)n1. The lowest BCUT2D eigenvalue weighted by atomic mass is 10.2. The first-order valence-corrected chi connectivity index (χ1v) is 13.2. The standard InChI is InChI=1S/C25H22Cl2F2N10O2/c1-36-12-31-20(35-36)10-39-23(40)33-22(38(24(39)41)8-13-4-16(27)21(29)17(28)5-13)32-19-6-14-9-37(11-25(30)2-3-25)34-18(14)7-15(19)26/h4-7,9,12H,2-3,8,10-11,30H2,1H3,(H,32,33,40). The van der Waals surface area contributed by atoms with Crippen molar-refractivity contribution in [2.45, 2.75) is 38.0 Å². The molecule has 3 heterocycles. The van der Waals surface area contributed by atoms with Crippen molar-refractivity contribution in [1.82, 2.24) is 38.7 Å². The summed E-state index contributed by atoms with van der Waals surface area (Å²) in [5.41, 5.74) is 5.40. The van der Waals surface area contributed by atoms with Crippen LogP contribution in [0.15, 0.2) is 46.4 Å². The molecule has 12 nitrogen and oxygen atoms in total. The van der Waals surface area contributed by atoms with E-state index in [0.717, 1.165) is 33.4 Å². The molecule has 0 bridgehead atoms. The predicted molar refractivity (Wildman–Crippen MR) is 148 cm³/mol. The van der Waals surface area contributed by atoms with Gasteiger partial charge < -0.3 is 11.1 Å². The molecular weight excluding hydrogens is 581 g/mol. The molecule has 1 aliphatic rings. The lowest BCUT2D eigenvalue weighted by Gasteiger charge is -2.16. The topological polar surface area (TPSA) is 143 Å². The average molecular weight is 603 g/mol. The fraction of sp³-hybridized carbons (Fsp3) is 0.280. The van der Waals surface area contributed by atoms with Gasteiger partial charge in [0.15, 0.2) is 17.5 Å². The van der Waals surface area contributed by atoms with Crippen molar-refractivity contribution in [1.29, 1.82) is 0 Å². The van der Waals surface area contributed by atoms with Gasteiger partial charge in [-0.05, 0) is 42.7 Å². The summed E-state index contributed by atoms with van der Waals surface area (Å²) in [6, 6.07) is 5.43. The molecule has 0 spiro atoms. The van der Waals surface area contributed by atoms with E-state index >= 15 is 0 Å². The van der Waals surface area contributed by atoms with E-state index in [1.54, 1.807) is 23.9 Å². The van der Waals surface area contributed by atoms with Crippen LogP contribution in [0.4, 0.5) is 20.4 Å². The molecule has 1 saturated carbocycles. The summed E-state index contributed by atoms with van der Waals surface area (Å²) in [4.78, 5) is 34.8. The monoisotopic (exact) mass is 602 g/mol. The molecule has 3 aromatic heterocycles. The smallest absolute Gasteiger partial charge is 0.324 e. The zero-order valence-electron chi connectivity index (χ0n) is 21.5. The van der Waals surface area contributed by atoms with Gasteiger partial charge in [0.2, 0.25) is 5.95 Å². The van der Waals surface area contributed by atoms with Gasteiger partial charge in [-0.1, -0.05) is 23.2 Å². The van der Waals surface area contributed by atoms with Crippen LogP contribution in [0.5, 0.6) is 0 Å². The van der Waals surface area contributed by atoms with E-state index in [1.807, 2.05) is 6.20 Å². The first-order valence-electron chi connectivity index (χ1n) is 12.4. The van der Waals surface area contributed by atoms with Crippen LogP contribution in [-0.4, -0.2) is 44.2 Å². The summed E-state index contributed by atoms with van der Waals surface area (Å²) in [5, 5.41) is 12.1. The molecule has 6 rings (SSSR count). The molecule has 41 heavy (non-hydrogen) atoms. The van der Waals surface area contributed by atoms with Crippen molar-refractivity contribution in [3.8, 4) is 0 Å². The zero-order chi connectivity index (χ0) is 29.1. The number of aryl methyl sites for hydroxylation is 1. The number of benzene rings is 2. The van der Waals surface area contributed by atoms with Crippen molar-refractivity contribution in [3.05, 3.63) is 90.8 Å². The Balaban J connectivity index is 1.42. The maximum Gasteiger partial charge on any atom is 0.355 e. The zero-order valence-corrected chi connectivity index (χ0v) is 23.0. The largest absolute Gasteiger partial charge is 0.355 e. The minimum absolute atomic E-state index is 0.153. The highest BCUT2D eigenvalue weighted by atomic mass is 35.5. The number of fused-ring (bicyclic) bond motifs is 1. The van der Waals surface area contributed by atoms with Gasteiger partial charge in [-0.3, -0.25) is 13.9 Å². The number of anilines is 2. The van der Waals surface area contributed by atoms with E-state index in [1.165, 1.54) is 17.1 Å². The number of hydrogen-bond acceptors (Lipinski definition) is 8. The number of nitrogens with one attached hydrogen (secondary N) is 1. The van der Waals surface area contributed by atoms with Crippen LogP contribution < -0.4 is 22.4 Å². The first kappa shape index (κ1) is 27.1. The third-order valence-corrected chi connectivity index (χ3v) is 7.32. The molecule has 3 N–H and O–H groups in total. The van der Waals surface area contributed by atoms with Gasteiger partial charge in [0.1, 0.15) is 6.33 Å². The molecule has 0 atom stereocenters. The molecular formula is C25H22Cl2F2N10O2. The second kappa shape index (κ2) is 10.0. The second-order valence-corrected chi connectivity index (χ2v) is 10.9. The molecule has 0 aliphatic heterocycles. The van der Waals surface area contributed by atoms with Gasteiger partial charge in [0, 0.05) is 24.2 Å². The maximum absolute atomic E-state index is 14.1. The lowest BCUT2D eigenvalue weighted by molar-refractivity contribution is 0.503. The molecule has 5 aromatic rings. The van der Waals surface area contributed by atoms with E-state index in [4.69, 9.17) is 28.9 Å². The summed E-state index contributed by atoms with van der Waals surface area (Å²) in [5.74, 6) is -2.38. The van der Waals surface area contributed by atoms with Gasteiger partial charge in [-0.25, -0.2) is 27.9 Å². The summed E-state index contributed by atoms with van der Waals surface area (Å²) >= 11 is 12.4. The van der Waals surface area contributed by atoms with Crippen LogP contribution in [0.1, 0.15) is 24.2 Å². The fourth-order valence-electron chi connectivity index (χ4n) is 4.42. The number of nitrogens with two attached hydrogens (primary N) is 1. The maximum atomic E-state index is 14.1. The molecule has 2 aromatic carbocycles. The van der Waals surface area contributed by atoms with Gasteiger partial charge in [0.05, 0.1) is 40.9 Å². The van der Waals surface area contributed by atoms with E-state index in [9.17, 15) is 18.4 Å². The van der Waals surface area contributed by atoms with Crippen molar-refractivity contribution in [2.75, 3.05) is 5.32 Å². The Morgan fingerprint density at radius 3 is 2.51 bits per heavy atom. The van der Waals surface area contributed by atoms with E-state index in [2.05, 4.69) is 25.5 Å². The van der Waals surface area contributed by atoms with Gasteiger partial charge in [-0.15, -0.1) is 0 Å². The van der Waals surface area contributed by atoms with Crippen LogP contribution in [0.25, 0.3) is 10.9 Å². The summed E-state index contributed by atoms with van der Waals surface area (Å²) in [7, 11) is 1.64. The predicted octanol–water partition coefficient (Wildman–Crippen LogP) is 2.80. The van der Waals surface area contributed by atoms with Crippen LogP contribution in [0.2, 0.25) is 10.0 Å². The second-order valence-electron chi connectivity index (χ2n) is 10.1. The average Bonchev–Trinajstić information content (AvgIpc) is 3.29. The minimum atomic E-state index is -1.21. The van der Waals surface area contributed by atoms with Crippen LogP contribution in [0, 0.1) is 11.6 Å². The number of aromatic nitrogens is 8. The number of halogens is 4. The third-order valence-electron chi connectivity index (χ3n) is 6.74. The molecule has 1 fully saturated rings. The van der Waals surface area contributed by atoms with Crippen LogP contribution >= 0.6 is 23.2 Å². The van der Waals surface area contributed by atoms with Crippen molar-refractivity contribution in [3.63, 3.8) is 0 Å². The minimum Gasteiger partial charge on any atom is -0.324 e. The Labute approximate surface area is 239 Å². The Bertz CT molecular complexity index is 1920. The van der Waals surface area contributed by atoms with Crippen LogP contribution in [-0.2, 0) is 26.7 Å². The van der Waals surface area contributed by atoms with Gasteiger partial charge >= 0.3 is 11.4 Å². The molecule has 1 aliphatic carbocycles. The Morgan fingerprint density at radius 1 is 1.05 bits per heavy atom. The molecule has 0 unspecified atom stereocenters. The highest BCUT2D eigenvalue weighted by Gasteiger charge is 2.38. The van der Waals surface area contributed by atoms with E-state index < -0.39 is 28.0 Å². The van der Waals surface area contributed by atoms with E-state index in [0.29, 0.717) is 17.7 Å². The Kier molecular flexibility index (Phi) is 6.63. The molecule has 0 saturated heterocycles. The van der Waals surface area contributed by atoms with Crippen molar-refractivity contribution in [2.24, 2.45) is 12.8 Å². The number of rotatable bonds is 8. The summed E-state index contributed by atoms with van der Waals surface area (Å²) in [6.45, 7) is -0.0143. The van der Waals surface area contributed by atoms with Crippen LogP contribution in [0.3, 0.4) is 0 Å². The lowest BCUT2D eigenvalue weighted by Crippen LogP contribution is -2.43.